The molecule has 0 aliphatic carbocycles. The van der Waals surface area contributed by atoms with Gasteiger partial charge < -0.3 is 14.2 Å². The Hall–Kier alpha value is -4.45. The average molecular weight is 1140 g/mol. The van der Waals surface area contributed by atoms with Crippen LogP contribution in [0.5, 0.6) is 0 Å². The Balaban J connectivity index is 4.33. The monoisotopic (exact) mass is 1130 g/mol. The molecule has 0 aromatic rings. The van der Waals surface area contributed by atoms with Crippen LogP contribution in [0, 0.1) is 0 Å². The summed E-state index contributed by atoms with van der Waals surface area (Å²) in [5.74, 6) is -0.984. The summed E-state index contributed by atoms with van der Waals surface area (Å²) in [5.41, 5.74) is 0. The highest BCUT2D eigenvalue weighted by atomic mass is 16.6. The molecule has 0 aliphatic rings. The van der Waals surface area contributed by atoms with E-state index in [1.165, 1.54) is 154 Å². The van der Waals surface area contributed by atoms with Crippen molar-refractivity contribution in [3.63, 3.8) is 0 Å². The zero-order valence-corrected chi connectivity index (χ0v) is 53.5. The van der Waals surface area contributed by atoms with Gasteiger partial charge in [-0.05, 0) is 103 Å². The zero-order chi connectivity index (χ0) is 59.2. The number of ether oxygens (including phenoxy) is 3. The summed E-state index contributed by atoms with van der Waals surface area (Å²) in [6, 6.07) is 0. The van der Waals surface area contributed by atoms with E-state index in [1.54, 1.807) is 0 Å². The third-order valence-electron chi connectivity index (χ3n) is 14.4. The summed E-state index contributed by atoms with van der Waals surface area (Å²) in [5, 5.41) is 0. The summed E-state index contributed by atoms with van der Waals surface area (Å²) in [4.78, 5) is 38.3. The van der Waals surface area contributed by atoms with Gasteiger partial charge in [-0.2, -0.15) is 0 Å². The number of hydrogen-bond donors (Lipinski definition) is 0. The molecule has 0 spiro atoms. The molecule has 0 aliphatic heterocycles. The Kier molecular flexibility index (Phi) is 65.3. The first-order chi connectivity index (χ1) is 40.5. The van der Waals surface area contributed by atoms with Crippen LogP contribution in [-0.2, 0) is 28.6 Å². The molecule has 0 radical (unpaired) electrons. The fraction of sp³-hybridized carbons (Fsp3) is 0.671. The highest BCUT2D eigenvalue weighted by Crippen LogP contribution is 2.17. The van der Waals surface area contributed by atoms with Gasteiger partial charge in [0.25, 0.3) is 0 Å². The molecule has 6 nitrogen and oxygen atoms in total. The Morgan fingerprint density at radius 2 is 0.500 bits per heavy atom. The average Bonchev–Trinajstić information content (AvgIpc) is 3.47. The molecule has 0 saturated carbocycles. The first kappa shape index (κ1) is 77.5. The number of carbonyl (C=O) groups is 3. The number of allylic oxidation sites excluding steroid dienone is 22. The lowest BCUT2D eigenvalue weighted by Crippen LogP contribution is -2.30. The van der Waals surface area contributed by atoms with E-state index < -0.39 is 12.1 Å². The molecule has 0 saturated heterocycles. The molecule has 0 amide bonds. The van der Waals surface area contributed by atoms with Crippen molar-refractivity contribution >= 4 is 17.9 Å². The lowest BCUT2D eigenvalue weighted by molar-refractivity contribution is -0.166. The number of unbranched alkanes of at least 4 members (excludes halogenated alkanes) is 28. The maximum Gasteiger partial charge on any atom is 0.306 e. The van der Waals surface area contributed by atoms with Gasteiger partial charge in [-0.1, -0.05) is 321 Å². The van der Waals surface area contributed by atoms with Crippen LogP contribution in [0.3, 0.4) is 0 Å². The van der Waals surface area contributed by atoms with Crippen molar-refractivity contribution in [1.29, 1.82) is 0 Å². The van der Waals surface area contributed by atoms with Crippen LogP contribution in [0.1, 0.15) is 310 Å². The van der Waals surface area contributed by atoms with Crippen LogP contribution in [0.4, 0.5) is 0 Å². The maximum absolute atomic E-state index is 12.9. The molecule has 0 bridgehead atoms. The molecular formula is C76H126O6. The smallest absolute Gasteiger partial charge is 0.306 e. The summed E-state index contributed by atoms with van der Waals surface area (Å²) in [6.45, 7) is 6.37. The van der Waals surface area contributed by atoms with Gasteiger partial charge in [-0.15, -0.1) is 0 Å². The number of rotatable bonds is 61. The van der Waals surface area contributed by atoms with Gasteiger partial charge in [0.05, 0.1) is 0 Å². The largest absolute Gasteiger partial charge is 0.462 e. The molecule has 82 heavy (non-hydrogen) atoms. The number of esters is 3. The lowest BCUT2D eigenvalue weighted by Gasteiger charge is -2.18. The van der Waals surface area contributed by atoms with E-state index in [4.69, 9.17) is 14.2 Å². The van der Waals surface area contributed by atoms with Crippen LogP contribution >= 0.6 is 0 Å². The fourth-order valence-electron chi connectivity index (χ4n) is 9.38. The molecule has 1 unspecified atom stereocenters. The van der Waals surface area contributed by atoms with E-state index >= 15 is 0 Å². The molecule has 0 aromatic carbocycles. The van der Waals surface area contributed by atoms with Crippen LogP contribution in [-0.4, -0.2) is 37.2 Å². The minimum Gasteiger partial charge on any atom is -0.462 e. The maximum atomic E-state index is 12.9. The predicted molar refractivity (Wildman–Crippen MR) is 357 cm³/mol. The van der Waals surface area contributed by atoms with E-state index in [9.17, 15) is 14.4 Å². The Labute approximate surface area is 506 Å². The predicted octanol–water partition coefficient (Wildman–Crippen LogP) is 23.7. The van der Waals surface area contributed by atoms with Gasteiger partial charge in [-0.25, -0.2) is 0 Å². The molecule has 1 atom stereocenters. The molecule has 0 heterocycles. The van der Waals surface area contributed by atoms with Crippen LogP contribution in [0.15, 0.2) is 134 Å². The highest BCUT2D eigenvalue weighted by Gasteiger charge is 2.19. The quantitative estimate of drug-likeness (QED) is 0.0261. The van der Waals surface area contributed by atoms with Gasteiger partial charge in [0.2, 0.25) is 0 Å². The molecule has 466 valence electrons. The topological polar surface area (TPSA) is 78.9 Å². The first-order valence-electron chi connectivity index (χ1n) is 34.2. The second-order valence-corrected chi connectivity index (χ2v) is 22.3. The number of hydrogen-bond acceptors (Lipinski definition) is 6. The minimum atomic E-state index is -0.821. The van der Waals surface area contributed by atoms with E-state index in [1.807, 2.05) is 6.08 Å². The second-order valence-electron chi connectivity index (χ2n) is 22.3. The second kappa shape index (κ2) is 69.0. The standard InChI is InChI=1S/C76H126O6/c1-4-7-10-13-16-19-22-25-28-30-32-33-34-35-36-37-38-39-40-41-42-43-45-46-48-51-54-57-60-63-66-69-75(78)81-72-73(71-80-74(77)68-65-62-59-56-53-50-27-24-21-18-15-12-9-6-3)82-76(79)70-67-64-61-58-55-52-49-47-44-31-29-26-23-20-17-14-11-8-5-2/h7-8,10-11,16-17,19-20,25-26,28-29,32-33,35-36,44,47,52,55,61,64,73H,4-6,9,12-15,18,21-24,27,30-31,34,37-43,45-46,48-51,53-54,56-60,62-63,65-72H2,1-3H3/b10-7-,11-8-,19-16-,20-17-,28-25-,29-26-,33-32-,36-35-,47-44-,55-52-,64-61-. The molecule has 0 N–H and O–H groups in total. The normalized spacial score (nSPS) is 13.0. The van der Waals surface area contributed by atoms with Gasteiger partial charge >= 0.3 is 17.9 Å². The fourth-order valence-corrected chi connectivity index (χ4v) is 9.38. The van der Waals surface area contributed by atoms with E-state index in [0.29, 0.717) is 19.3 Å². The SMILES string of the molecule is CC/C=C\C/C=C\C/C=C\C/C=C\C/C=C\C/C=C\CCC(=O)OC(COC(=O)CCCCCCCCCCCCCCCC)COC(=O)CCCCCCCCCCCCCCCCC/C=C\C/C=C\C/C=C\C/C=C\C/C=C\CC. The Morgan fingerprint density at radius 3 is 0.793 bits per heavy atom. The summed E-state index contributed by atoms with van der Waals surface area (Å²) < 4.78 is 16.9. The van der Waals surface area contributed by atoms with E-state index in [-0.39, 0.29) is 31.6 Å². The highest BCUT2D eigenvalue weighted by molar-refractivity contribution is 5.71. The van der Waals surface area contributed by atoms with E-state index in [0.717, 1.165) is 109 Å². The van der Waals surface area contributed by atoms with Crippen molar-refractivity contribution in [3.05, 3.63) is 134 Å². The van der Waals surface area contributed by atoms with Crippen molar-refractivity contribution < 1.29 is 28.6 Å². The Morgan fingerprint density at radius 1 is 0.256 bits per heavy atom. The summed E-state index contributed by atoms with van der Waals surface area (Å²) in [7, 11) is 0. The lowest BCUT2D eigenvalue weighted by atomic mass is 10.0. The molecular weight excluding hydrogens is 1010 g/mol. The van der Waals surface area contributed by atoms with Gasteiger partial charge in [-0.3, -0.25) is 14.4 Å². The number of carbonyl (C=O) groups excluding carboxylic acids is 3. The first-order valence-corrected chi connectivity index (χ1v) is 34.2. The molecule has 0 rings (SSSR count). The van der Waals surface area contributed by atoms with Crippen molar-refractivity contribution in [3.8, 4) is 0 Å². The summed E-state index contributed by atoms with van der Waals surface area (Å²) >= 11 is 0. The summed E-state index contributed by atoms with van der Waals surface area (Å²) in [6.07, 6.45) is 97.7. The van der Waals surface area contributed by atoms with E-state index in [2.05, 4.69) is 148 Å². The van der Waals surface area contributed by atoms with Crippen LogP contribution in [0.25, 0.3) is 0 Å². The van der Waals surface area contributed by atoms with Gasteiger partial charge in [0.1, 0.15) is 13.2 Å². The van der Waals surface area contributed by atoms with Crippen molar-refractivity contribution in [2.75, 3.05) is 13.2 Å². The zero-order valence-electron chi connectivity index (χ0n) is 53.5. The minimum absolute atomic E-state index is 0.107. The van der Waals surface area contributed by atoms with Crippen molar-refractivity contribution in [1.82, 2.24) is 0 Å². The van der Waals surface area contributed by atoms with Crippen molar-refractivity contribution in [2.45, 2.75) is 316 Å². The van der Waals surface area contributed by atoms with Crippen molar-refractivity contribution in [2.24, 2.45) is 0 Å². The van der Waals surface area contributed by atoms with Crippen LogP contribution in [0.2, 0.25) is 0 Å². The third kappa shape index (κ3) is 66.4. The molecule has 6 heteroatoms. The van der Waals surface area contributed by atoms with Crippen LogP contribution < -0.4 is 0 Å². The van der Waals surface area contributed by atoms with Gasteiger partial charge in [0, 0.05) is 19.3 Å². The third-order valence-corrected chi connectivity index (χ3v) is 14.4. The molecule has 0 aromatic heterocycles. The van der Waals surface area contributed by atoms with Gasteiger partial charge in [0.15, 0.2) is 6.10 Å². The molecule has 0 fully saturated rings. The Bertz CT molecular complexity index is 1730.